The molecule has 67 heavy (non-hydrogen) atoms. The van der Waals surface area contributed by atoms with E-state index in [1.165, 1.54) is 7.11 Å². The highest BCUT2D eigenvalue weighted by atomic mass is 16.6. The fraction of sp³-hybridized carbons (Fsp3) is 0.800. The number of unbranched alkanes of at least 4 members (excludes halogenated alkanes) is 3. The lowest BCUT2D eigenvalue weighted by atomic mass is 10.1. The largest absolute Gasteiger partial charge is 0.467 e. The van der Waals surface area contributed by atoms with Crippen LogP contribution in [-0.2, 0) is 42.8 Å². The molecule has 0 spiro atoms. The summed E-state index contributed by atoms with van der Waals surface area (Å²) in [5, 5.41) is 18.7. The molecule has 0 saturated carbocycles. The maximum Gasteiger partial charge on any atom is 0.437 e. The van der Waals surface area contributed by atoms with Crippen LogP contribution < -0.4 is 37.2 Å². The summed E-state index contributed by atoms with van der Waals surface area (Å²) in [6.45, 7) is 25.9. The SMILES string of the molecule is COC(=O)C(CCCCNC(=O)C(CCCCNC(=O)C(CCCCNC(=NC(=O)OC(C)(C)C)NC(=O)OC(C)(C)C)NC(=O)OC(C)(C)C)NC(=O)OC(C)(C)C)NC(=O)OC(C)(C)C. The van der Waals surface area contributed by atoms with E-state index in [-0.39, 0.29) is 44.9 Å². The first-order chi connectivity index (χ1) is 30.6. The second-order valence-electron chi connectivity index (χ2n) is 20.7. The summed E-state index contributed by atoms with van der Waals surface area (Å²) >= 11 is 0. The van der Waals surface area contributed by atoms with Gasteiger partial charge in [0, 0.05) is 19.6 Å². The molecule has 0 heterocycles. The number of nitrogens with one attached hydrogen (secondary N) is 7. The van der Waals surface area contributed by atoms with Crippen LogP contribution in [0.5, 0.6) is 0 Å². The summed E-state index contributed by atoms with van der Waals surface area (Å²) in [6, 6.07) is -2.92. The number of hydrogen-bond acceptors (Lipinski definition) is 14. The van der Waals surface area contributed by atoms with Gasteiger partial charge < -0.3 is 60.3 Å². The van der Waals surface area contributed by atoms with Crippen molar-refractivity contribution in [2.75, 3.05) is 26.7 Å². The zero-order valence-corrected chi connectivity index (χ0v) is 42.9. The lowest BCUT2D eigenvalue weighted by Gasteiger charge is -2.24. The fourth-order valence-electron chi connectivity index (χ4n) is 5.46. The zero-order chi connectivity index (χ0) is 51.8. The fourth-order valence-corrected chi connectivity index (χ4v) is 5.46. The minimum absolute atomic E-state index is 0.174. The standard InChI is InChI=1S/C45H82N8O14/c1-41(2,3)63-36(57)49-29(32(54)47-27-21-19-25-31(34(56)62-16)51-38(59)65-43(7,8)9)23-17-20-26-46-33(55)30(50-37(58)64-42(4,5)6)24-18-22-28-48-35(52-39(60)66-44(10,11)12)53-40(61)67-45(13,14)15/h29-31H,17-28H2,1-16H3,(H,46,55)(H,47,54)(H,49,57)(H,50,58)(H,51,59)(H2,48,52,53,60,61). The smallest absolute Gasteiger partial charge is 0.437 e. The van der Waals surface area contributed by atoms with E-state index >= 15 is 0 Å². The van der Waals surface area contributed by atoms with E-state index in [9.17, 15) is 38.4 Å². The Balaban J connectivity index is 5.56. The van der Waals surface area contributed by atoms with E-state index in [0.29, 0.717) is 38.5 Å². The van der Waals surface area contributed by atoms with Crippen molar-refractivity contribution in [1.82, 2.24) is 37.2 Å². The molecule has 0 aliphatic carbocycles. The third-order valence-corrected chi connectivity index (χ3v) is 8.06. The van der Waals surface area contributed by atoms with E-state index < -0.39 is 94.4 Å². The number of amides is 7. The van der Waals surface area contributed by atoms with Gasteiger partial charge in [-0.1, -0.05) is 0 Å². The van der Waals surface area contributed by atoms with Gasteiger partial charge in [0.05, 0.1) is 7.11 Å². The lowest BCUT2D eigenvalue weighted by molar-refractivity contribution is -0.143. The number of methoxy groups -OCH3 is 1. The highest BCUT2D eigenvalue weighted by Crippen LogP contribution is 2.13. The number of esters is 1. The predicted molar refractivity (Wildman–Crippen MR) is 250 cm³/mol. The van der Waals surface area contributed by atoms with Crippen molar-refractivity contribution < 1.29 is 66.8 Å². The third kappa shape index (κ3) is 34.4. The van der Waals surface area contributed by atoms with Crippen molar-refractivity contribution in [1.29, 1.82) is 0 Å². The van der Waals surface area contributed by atoms with Gasteiger partial charge in [-0.3, -0.25) is 14.9 Å². The Labute approximate surface area is 397 Å². The first-order valence-electron chi connectivity index (χ1n) is 22.8. The molecule has 0 radical (unpaired) electrons. The van der Waals surface area contributed by atoms with Gasteiger partial charge in [-0.05, 0) is 162 Å². The molecule has 0 aromatic carbocycles. The van der Waals surface area contributed by atoms with Crippen molar-refractivity contribution in [3.8, 4) is 0 Å². The molecule has 0 fully saturated rings. The minimum atomic E-state index is -0.993. The number of rotatable bonds is 21. The minimum Gasteiger partial charge on any atom is -0.467 e. The van der Waals surface area contributed by atoms with Crippen LogP contribution in [0, 0.1) is 0 Å². The van der Waals surface area contributed by atoms with Gasteiger partial charge in [-0.15, -0.1) is 4.99 Å². The summed E-state index contributed by atoms with van der Waals surface area (Å²) in [6.07, 6.45) is -1.04. The van der Waals surface area contributed by atoms with Gasteiger partial charge in [0.15, 0.2) is 0 Å². The van der Waals surface area contributed by atoms with Crippen LogP contribution >= 0.6 is 0 Å². The monoisotopic (exact) mass is 959 g/mol. The van der Waals surface area contributed by atoms with E-state index in [2.05, 4.69) is 42.2 Å². The molecule has 0 aromatic rings. The molecule has 7 N–H and O–H groups in total. The molecule has 0 saturated heterocycles. The molecule has 0 bridgehead atoms. The number of ether oxygens (including phenoxy) is 6. The number of alkyl carbamates (subject to hydrolysis) is 4. The zero-order valence-electron chi connectivity index (χ0n) is 42.9. The van der Waals surface area contributed by atoms with Crippen LogP contribution in [0.4, 0.5) is 24.0 Å². The average molecular weight is 959 g/mol. The van der Waals surface area contributed by atoms with Crippen LogP contribution in [-0.4, -0.2) is 127 Å². The van der Waals surface area contributed by atoms with Crippen molar-refractivity contribution in [2.24, 2.45) is 4.99 Å². The molecule has 7 amide bonds. The van der Waals surface area contributed by atoms with Crippen molar-refractivity contribution in [3.63, 3.8) is 0 Å². The summed E-state index contributed by atoms with van der Waals surface area (Å²) in [5.41, 5.74) is -4.06. The van der Waals surface area contributed by atoms with Crippen LogP contribution in [0.25, 0.3) is 0 Å². The molecule has 0 aliphatic rings. The number of aliphatic imine (C=N–C) groups is 1. The maximum absolute atomic E-state index is 13.4. The summed E-state index contributed by atoms with van der Waals surface area (Å²) in [4.78, 5) is 105. The van der Waals surface area contributed by atoms with Gasteiger partial charge >= 0.3 is 36.4 Å². The summed E-state index contributed by atoms with van der Waals surface area (Å²) in [7, 11) is 1.21. The Morgan fingerprint density at radius 3 is 1.07 bits per heavy atom. The van der Waals surface area contributed by atoms with Gasteiger partial charge in [-0.2, -0.15) is 0 Å². The molecular weight excluding hydrogens is 877 g/mol. The number of nitrogens with zero attached hydrogens (tertiary/aromatic N) is 1. The van der Waals surface area contributed by atoms with E-state index in [1.807, 2.05) is 0 Å². The summed E-state index contributed by atoms with van der Waals surface area (Å²) < 4.78 is 31.4. The Bertz CT molecular complexity index is 1650. The topological polar surface area (TPSA) is 289 Å². The molecule has 386 valence electrons. The van der Waals surface area contributed by atoms with Gasteiger partial charge in [0.1, 0.15) is 46.1 Å². The van der Waals surface area contributed by atoms with E-state index in [4.69, 9.17) is 28.4 Å². The number of hydrogen-bond donors (Lipinski definition) is 7. The highest BCUT2D eigenvalue weighted by Gasteiger charge is 2.28. The maximum atomic E-state index is 13.4. The number of guanidine groups is 1. The van der Waals surface area contributed by atoms with E-state index in [0.717, 1.165) is 0 Å². The first-order valence-corrected chi connectivity index (χ1v) is 22.8. The molecule has 3 unspecified atom stereocenters. The number of carbonyl (C=O) groups excluding carboxylic acids is 8. The second kappa shape index (κ2) is 28.6. The molecule has 22 nitrogen and oxygen atoms in total. The molecule has 3 atom stereocenters. The van der Waals surface area contributed by atoms with Crippen molar-refractivity contribution in [2.45, 2.75) is 208 Å². The van der Waals surface area contributed by atoms with Gasteiger partial charge in [0.25, 0.3) is 0 Å². The third-order valence-electron chi connectivity index (χ3n) is 8.06. The van der Waals surface area contributed by atoms with Gasteiger partial charge in [-0.25, -0.2) is 28.8 Å². The van der Waals surface area contributed by atoms with Crippen LogP contribution in [0.1, 0.15) is 162 Å². The predicted octanol–water partition coefficient (Wildman–Crippen LogP) is 5.99. The molecule has 22 heteroatoms. The molecule has 0 aromatic heterocycles. The van der Waals surface area contributed by atoms with Gasteiger partial charge in [0.2, 0.25) is 17.8 Å². The molecular formula is C45H82N8O14. The van der Waals surface area contributed by atoms with Crippen LogP contribution in [0.3, 0.4) is 0 Å². The number of carbonyl (C=O) groups is 8. The Morgan fingerprint density at radius 1 is 0.418 bits per heavy atom. The molecule has 0 aliphatic heterocycles. The van der Waals surface area contributed by atoms with Crippen molar-refractivity contribution in [3.05, 3.63) is 0 Å². The Hall–Kier alpha value is -5.57. The van der Waals surface area contributed by atoms with Crippen molar-refractivity contribution >= 4 is 54.2 Å². The Kier molecular flexibility index (Phi) is 26.2. The normalized spacial score (nSPS) is 13.6. The Morgan fingerprint density at radius 2 is 0.731 bits per heavy atom. The lowest BCUT2D eigenvalue weighted by Crippen LogP contribution is -2.49. The second-order valence-corrected chi connectivity index (χ2v) is 20.7. The average Bonchev–Trinajstić information content (AvgIpc) is 3.11. The van der Waals surface area contributed by atoms with Crippen LogP contribution in [0.15, 0.2) is 4.99 Å². The molecule has 0 rings (SSSR count). The van der Waals surface area contributed by atoms with E-state index in [1.54, 1.807) is 104 Å². The van der Waals surface area contributed by atoms with Crippen LogP contribution in [0.2, 0.25) is 0 Å². The summed E-state index contributed by atoms with van der Waals surface area (Å²) in [5.74, 6) is -1.77. The quantitative estimate of drug-likeness (QED) is 0.0229. The highest BCUT2D eigenvalue weighted by molar-refractivity contribution is 5.98. The first kappa shape index (κ1) is 61.4.